The lowest BCUT2D eigenvalue weighted by Gasteiger charge is -2.24. The van der Waals surface area contributed by atoms with Gasteiger partial charge in [0.1, 0.15) is 18.2 Å². The van der Waals surface area contributed by atoms with Gasteiger partial charge in [0.25, 0.3) is 0 Å². The number of benzene rings is 1. The SMILES string of the molecule is CC(C)C(=O)Oc1ccc(C[C@H](N)C(=O)O[C@@H](C)C(C)OC(=O)C(C)C(C)C)cc1OC(=O)C(C)C. The number of ether oxygens (including phenoxy) is 4. The van der Waals surface area contributed by atoms with Gasteiger partial charge < -0.3 is 24.7 Å². The predicted molar refractivity (Wildman–Crippen MR) is 134 cm³/mol. The highest BCUT2D eigenvalue weighted by Crippen LogP contribution is 2.30. The van der Waals surface area contributed by atoms with Gasteiger partial charge in [-0.15, -0.1) is 0 Å². The molecule has 0 aromatic heterocycles. The maximum absolute atomic E-state index is 12.6. The number of esters is 4. The Morgan fingerprint density at radius 3 is 1.64 bits per heavy atom. The molecule has 2 N–H and O–H groups in total. The van der Waals surface area contributed by atoms with Gasteiger partial charge >= 0.3 is 23.9 Å². The zero-order valence-corrected chi connectivity index (χ0v) is 22.8. The van der Waals surface area contributed by atoms with Crippen LogP contribution in [0.15, 0.2) is 18.2 Å². The fourth-order valence-corrected chi connectivity index (χ4v) is 2.66. The van der Waals surface area contributed by atoms with Crippen molar-refractivity contribution in [3.05, 3.63) is 23.8 Å². The molecule has 2 unspecified atom stereocenters. The molecule has 0 spiro atoms. The average molecular weight is 508 g/mol. The van der Waals surface area contributed by atoms with Crippen LogP contribution < -0.4 is 15.2 Å². The molecular weight excluding hydrogens is 466 g/mol. The van der Waals surface area contributed by atoms with Crippen molar-refractivity contribution in [3.63, 3.8) is 0 Å². The molecular formula is C27H41NO8. The van der Waals surface area contributed by atoms with Crippen LogP contribution in [0.2, 0.25) is 0 Å². The summed E-state index contributed by atoms with van der Waals surface area (Å²) in [5, 5.41) is 0. The maximum Gasteiger partial charge on any atom is 0.323 e. The van der Waals surface area contributed by atoms with E-state index >= 15 is 0 Å². The second-order valence-corrected chi connectivity index (χ2v) is 10.1. The normalized spacial score (nSPS) is 14.7. The lowest BCUT2D eigenvalue weighted by Crippen LogP contribution is -2.40. The van der Waals surface area contributed by atoms with Crippen LogP contribution in [0.4, 0.5) is 0 Å². The van der Waals surface area contributed by atoms with Crippen molar-refractivity contribution < 1.29 is 38.1 Å². The molecule has 1 rings (SSSR count). The first kappa shape index (κ1) is 31.1. The fraction of sp³-hybridized carbons (Fsp3) is 0.630. The first-order chi connectivity index (χ1) is 16.6. The third-order valence-corrected chi connectivity index (χ3v) is 5.77. The minimum Gasteiger partial charge on any atom is -0.459 e. The van der Waals surface area contributed by atoms with Gasteiger partial charge in [-0.2, -0.15) is 0 Å². The standard InChI is InChI=1S/C27H41NO8/c1-14(2)17(7)26(31)33-18(8)19(9)34-27(32)21(28)12-20-10-11-22(35-24(29)15(3)4)23(13-20)36-25(30)16(5)6/h10-11,13-19,21H,12,28H2,1-9H3/t17?,18?,19-,21-/m0/s1. The molecule has 0 fully saturated rings. The van der Waals surface area contributed by atoms with E-state index in [9.17, 15) is 19.2 Å². The topological polar surface area (TPSA) is 131 Å². The number of nitrogens with two attached hydrogens (primary N) is 1. The Hall–Kier alpha value is -2.94. The summed E-state index contributed by atoms with van der Waals surface area (Å²) in [6.45, 7) is 15.7. The first-order valence-electron chi connectivity index (χ1n) is 12.4. The molecule has 0 aliphatic rings. The van der Waals surface area contributed by atoms with Gasteiger partial charge in [-0.1, -0.05) is 54.5 Å². The Bertz CT molecular complexity index is 924. The summed E-state index contributed by atoms with van der Waals surface area (Å²) in [5.41, 5.74) is 6.65. The van der Waals surface area contributed by atoms with E-state index in [1.165, 1.54) is 12.1 Å². The van der Waals surface area contributed by atoms with Gasteiger partial charge in [-0.25, -0.2) is 0 Å². The molecule has 1 aromatic carbocycles. The van der Waals surface area contributed by atoms with Crippen molar-refractivity contribution in [2.45, 2.75) is 87.0 Å². The van der Waals surface area contributed by atoms with E-state index < -0.39 is 42.1 Å². The molecule has 202 valence electrons. The Labute approximate surface area is 214 Å². The summed E-state index contributed by atoms with van der Waals surface area (Å²) in [5.74, 6) is -2.76. The zero-order chi connectivity index (χ0) is 27.7. The molecule has 9 heteroatoms. The maximum atomic E-state index is 12.6. The van der Waals surface area contributed by atoms with E-state index in [1.807, 2.05) is 13.8 Å². The van der Waals surface area contributed by atoms with Crippen molar-refractivity contribution in [1.29, 1.82) is 0 Å². The molecule has 0 saturated heterocycles. The van der Waals surface area contributed by atoms with Crippen LogP contribution in [0.5, 0.6) is 11.5 Å². The molecule has 0 aliphatic carbocycles. The van der Waals surface area contributed by atoms with Crippen LogP contribution in [-0.2, 0) is 35.1 Å². The van der Waals surface area contributed by atoms with E-state index in [0.717, 1.165) is 0 Å². The molecule has 0 aliphatic heterocycles. The Morgan fingerprint density at radius 1 is 0.694 bits per heavy atom. The number of rotatable bonds is 12. The predicted octanol–water partition coefficient (Wildman–Crippen LogP) is 3.83. The summed E-state index contributed by atoms with van der Waals surface area (Å²) >= 11 is 0. The van der Waals surface area contributed by atoms with Gasteiger partial charge in [-0.3, -0.25) is 19.2 Å². The summed E-state index contributed by atoms with van der Waals surface area (Å²) in [6.07, 6.45) is -1.27. The highest BCUT2D eigenvalue weighted by Gasteiger charge is 2.27. The number of hydrogen-bond donors (Lipinski definition) is 1. The molecule has 0 saturated carbocycles. The highest BCUT2D eigenvalue weighted by atomic mass is 16.6. The van der Waals surface area contributed by atoms with E-state index in [1.54, 1.807) is 54.5 Å². The fourth-order valence-electron chi connectivity index (χ4n) is 2.66. The molecule has 0 heterocycles. The average Bonchev–Trinajstić information content (AvgIpc) is 2.79. The highest BCUT2D eigenvalue weighted by molar-refractivity contribution is 5.79. The molecule has 0 amide bonds. The smallest absolute Gasteiger partial charge is 0.323 e. The lowest BCUT2D eigenvalue weighted by molar-refractivity contribution is -0.169. The summed E-state index contributed by atoms with van der Waals surface area (Å²) in [7, 11) is 0. The Balaban J connectivity index is 2.90. The molecule has 4 atom stereocenters. The van der Waals surface area contributed by atoms with Crippen molar-refractivity contribution in [2.24, 2.45) is 29.4 Å². The molecule has 0 bridgehead atoms. The Morgan fingerprint density at radius 2 is 1.17 bits per heavy atom. The molecule has 36 heavy (non-hydrogen) atoms. The van der Waals surface area contributed by atoms with Crippen LogP contribution >= 0.6 is 0 Å². The largest absolute Gasteiger partial charge is 0.459 e. The zero-order valence-electron chi connectivity index (χ0n) is 22.8. The van der Waals surface area contributed by atoms with Crippen molar-refractivity contribution >= 4 is 23.9 Å². The van der Waals surface area contributed by atoms with E-state index in [0.29, 0.717) is 5.56 Å². The molecule has 0 radical (unpaired) electrons. The van der Waals surface area contributed by atoms with Gasteiger partial charge in [-0.05, 0) is 43.9 Å². The van der Waals surface area contributed by atoms with Crippen LogP contribution in [-0.4, -0.2) is 42.1 Å². The second kappa shape index (κ2) is 14.0. The van der Waals surface area contributed by atoms with E-state index in [-0.39, 0.29) is 41.6 Å². The number of hydrogen-bond acceptors (Lipinski definition) is 9. The first-order valence-corrected chi connectivity index (χ1v) is 12.4. The Kier molecular flexibility index (Phi) is 12.1. The van der Waals surface area contributed by atoms with Gasteiger partial charge in [0.2, 0.25) is 0 Å². The van der Waals surface area contributed by atoms with Crippen LogP contribution in [0.25, 0.3) is 0 Å². The third kappa shape index (κ3) is 9.60. The quantitative estimate of drug-likeness (QED) is 0.331. The summed E-state index contributed by atoms with van der Waals surface area (Å²) < 4.78 is 21.6. The minimum atomic E-state index is -1.03. The minimum absolute atomic E-state index is 0.0638. The van der Waals surface area contributed by atoms with Crippen LogP contribution in [0.3, 0.4) is 0 Å². The van der Waals surface area contributed by atoms with E-state index in [4.69, 9.17) is 24.7 Å². The summed E-state index contributed by atoms with van der Waals surface area (Å²) in [6, 6.07) is 3.61. The number of carbonyl (C=O) groups is 4. The van der Waals surface area contributed by atoms with Crippen LogP contribution in [0.1, 0.15) is 67.9 Å². The molecule has 1 aromatic rings. The van der Waals surface area contributed by atoms with Gasteiger partial charge in [0.05, 0.1) is 17.8 Å². The summed E-state index contributed by atoms with van der Waals surface area (Å²) in [4.78, 5) is 49.0. The number of carbonyl (C=O) groups excluding carboxylic acids is 4. The monoisotopic (exact) mass is 507 g/mol. The van der Waals surface area contributed by atoms with E-state index in [2.05, 4.69) is 0 Å². The van der Waals surface area contributed by atoms with Gasteiger partial charge in [0.15, 0.2) is 11.5 Å². The third-order valence-electron chi connectivity index (χ3n) is 5.77. The second-order valence-electron chi connectivity index (χ2n) is 10.1. The van der Waals surface area contributed by atoms with Crippen molar-refractivity contribution in [1.82, 2.24) is 0 Å². The van der Waals surface area contributed by atoms with Gasteiger partial charge in [0, 0.05) is 0 Å². The molecule has 9 nitrogen and oxygen atoms in total. The van der Waals surface area contributed by atoms with Crippen LogP contribution in [0, 0.1) is 23.7 Å². The lowest BCUT2D eigenvalue weighted by atomic mass is 9.98. The van der Waals surface area contributed by atoms with Crippen molar-refractivity contribution in [3.8, 4) is 11.5 Å². The van der Waals surface area contributed by atoms with Crippen molar-refractivity contribution in [2.75, 3.05) is 0 Å².